The molecule has 220 valence electrons. The molecule has 5 rings (SSSR count). The molecule has 0 aliphatic carbocycles. The zero-order valence-electron chi connectivity index (χ0n) is 23.4. The molecule has 0 unspecified atom stereocenters. The molecule has 7 nitrogen and oxygen atoms in total. The Hall–Kier alpha value is -3.43. The highest BCUT2D eigenvalue weighted by molar-refractivity contribution is 7.99. The standard InChI is InChI=1S/C34H36O7S/c35-29-20-12-1-2-13-21-30(36)41-31-28(24-37-29)40-34(42-27-18-10-5-11-19-27)33(39-23-26-16-8-4-9-17-26)32(31)38-22-25-14-6-3-7-15-25/h1-11,14-19,28,31-34H,12-13,20-24H2/t28-,31-,32+,33-,34+/m1/s1. The van der Waals surface area contributed by atoms with E-state index in [9.17, 15) is 9.59 Å². The summed E-state index contributed by atoms with van der Waals surface area (Å²) in [5.74, 6) is -0.697. The molecule has 0 radical (unpaired) electrons. The van der Waals surface area contributed by atoms with Crippen LogP contribution in [0.1, 0.15) is 36.8 Å². The van der Waals surface area contributed by atoms with Gasteiger partial charge < -0.3 is 23.7 Å². The van der Waals surface area contributed by atoms with Gasteiger partial charge in [0.05, 0.1) is 13.2 Å². The van der Waals surface area contributed by atoms with Gasteiger partial charge in [0.25, 0.3) is 0 Å². The molecule has 8 heteroatoms. The fourth-order valence-corrected chi connectivity index (χ4v) is 6.03. The van der Waals surface area contributed by atoms with Gasteiger partial charge in [-0.2, -0.15) is 0 Å². The van der Waals surface area contributed by atoms with Crippen molar-refractivity contribution in [2.24, 2.45) is 0 Å². The molecule has 5 atom stereocenters. The number of rotatable bonds is 8. The molecule has 0 saturated carbocycles. The van der Waals surface area contributed by atoms with Crippen LogP contribution in [0.3, 0.4) is 0 Å². The van der Waals surface area contributed by atoms with E-state index in [0.717, 1.165) is 16.0 Å². The highest BCUT2D eigenvalue weighted by atomic mass is 32.2. The molecule has 1 fully saturated rings. The van der Waals surface area contributed by atoms with Gasteiger partial charge in [-0.05, 0) is 36.1 Å². The molecule has 0 bridgehead atoms. The second-order valence-corrected chi connectivity index (χ2v) is 11.4. The number of carbonyl (C=O) groups excluding carboxylic acids is 2. The molecule has 1 saturated heterocycles. The number of benzene rings is 3. The number of esters is 2. The first-order chi connectivity index (χ1) is 20.7. The second-order valence-electron chi connectivity index (χ2n) is 10.2. The first kappa shape index (κ1) is 30.0. The Morgan fingerprint density at radius 2 is 1.24 bits per heavy atom. The van der Waals surface area contributed by atoms with Gasteiger partial charge in [0.1, 0.15) is 30.4 Å². The highest BCUT2D eigenvalue weighted by Gasteiger charge is 2.50. The lowest BCUT2D eigenvalue weighted by molar-refractivity contribution is -0.247. The average molecular weight is 589 g/mol. The molecular formula is C34H36O7S. The van der Waals surface area contributed by atoms with Gasteiger partial charge in [-0.3, -0.25) is 9.59 Å². The van der Waals surface area contributed by atoms with Gasteiger partial charge >= 0.3 is 11.9 Å². The smallest absolute Gasteiger partial charge is 0.306 e. The number of ether oxygens (including phenoxy) is 5. The number of hydrogen-bond donors (Lipinski definition) is 0. The fourth-order valence-electron chi connectivity index (χ4n) is 4.88. The van der Waals surface area contributed by atoms with Crippen molar-refractivity contribution < 1.29 is 33.3 Å². The van der Waals surface area contributed by atoms with Crippen molar-refractivity contribution in [1.82, 2.24) is 0 Å². The Kier molecular flexibility index (Phi) is 11.2. The fraction of sp³-hybridized carbons (Fsp3) is 0.353. The van der Waals surface area contributed by atoms with Crippen LogP contribution in [0.4, 0.5) is 0 Å². The molecule has 3 aromatic rings. The lowest BCUT2D eigenvalue weighted by Crippen LogP contribution is -2.61. The third-order valence-corrected chi connectivity index (χ3v) is 8.19. The van der Waals surface area contributed by atoms with Crippen LogP contribution < -0.4 is 0 Å². The minimum atomic E-state index is -0.854. The van der Waals surface area contributed by atoms with Crippen molar-refractivity contribution >= 4 is 23.7 Å². The lowest BCUT2D eigenvalue weighted by atomic mass is 9.99. The molecule has 2 aliphatic rings. The number of thioether (sulfide) groups is 1. The van der Waals surface area contributed by atoms with Crippen molar-refractivity contribution in [2.45, 2.75) is 73.6 Å². The van der Waals surface area contributed by atoms with Crippen molar-refractivity contribution in [3.8, 4) is 0 Å². The summed E-state index contributed by atoms with van der Waals surface area (Å²) in [5, 5.41) is 0. The van der Waals surface area contributed by atoms with Crippen LogP contribution in [0.2, 0.25) is 0 Å². The summed E-state index contributed by atoms with van der Waals surface area (Å²) in [4.78, 5) is 26.6. The Balaban J connectivity index is 1.48. The second kappa shape index (κ2) is 15.7. The molecule has 0 spiro atoms. The normalized spacial score (nSPS) is 25.2. The summed E-state index contributed by atoms with van der Waals surface area (Å²) in [6, 6.07) is 29.6. The van der Waals surface area contributed by atoms with Gasteiger partial charge in [-0.15, -0.1) is 0 Å². The van der Waals surface area contributed by atoms with Crippen molar-refractivity contribution in [1.29, 1.82) is 0 Å². The zero-order valence-corrected chi connectivity index (χ0v) is 24.2. The van der Waals surface area contributed by atoms with E-state index in [-0.39, 0.29) is 38.0 Å². The summed E-state index contributed by atoms with van der Waals surface area (Å²) in [5.41, 5.74) is 1.44. The Bertz CT molecular complexity index is 1290. The highest BCUT2D eigenvalue weighted by Crippen LogP contribution is 2.38. The maximum absolute atomic E-state index is 13.1. The summed E-state index contributed by atoms with van der Waals surface area (Å²) < 4.78 is 31.5. The predicted molar refractivity (Wildman–Crippen MR) is 159 cm³/mol. The van der Waals surface area contributed by atoms with Crippen LogP contribution in [-0.2, 0) is 46.5 Å². The van der Waals surface area contributed by atoms with E-state index in [1.54, 1.807) is 0 Å². The minimum Gasteiger partial charge on any atom is -0.463 e. The maximum Gasteiger partial charge on any atom is 0.306 e. The summed E-state index contributed by atoms with van der Waals surface area (Å²) >= 11 is 1.50. The summed E-state index contributed by atoms with van der Waals surface area (Å²) in [7, 11) is 0. The van der Waals surface area contributed by atoms with Crippen LogP contribution in [0.25, 0.3) is 0 Å². The molecule has 2 aliphatic heterocycles. The van der Waals surface area contributed by atoms with E-state index in [1.807, 2.05) is 103 Å². The van der Waals surface area contributed by atoms with E-state index in [2.05, 4.69) is 0 Å². The van der Waals surface area contributed by atoms with Crippen LogP contribution >= 0.6 is 11.8 Å². The summed E-state index contributed by atoms with van der Waals surface area (Å²) in [6.07, 6.45) is 2.40. The van der Waals surface area contributed by atoms with Crippen molar-refractivity contribution in [2.75, 3.05) is 6.61 Å². The lowest BCUT2D eigenvalue weighted by Gasteiger charge is -2.45. The van der Waals surface area contributed by atoms with Crippen molar-refractivity contribution in [3.63, 3.8) is 0 Å². The third-order valence-electron chi connectivity index (χ3n) is 7.03. The number of cyclic esters (lactones) is 1. The predicted octanol–water partition coefficient (Wildman–Crippen LogP) is 6.26. The molecule has 0 amide bonds. The van der Waals surface area contributed by atoms with Crippen LogP contribution in [0, 0.1) is 0 Å². The Morgan fingerprint density at radius 1 is 0.690 bits per heavy atom. The largest absolute Gasteiger partial charge is 0.463 e. The van der Waals surface area contributed by atoms with Crippen LogP contribution in [0.15, 0.2) is 108 Å². The SMILES string of the molecule is O=C1CCC=CCCC(=O)O[C@H]2[C@H](OCc3ccccc3)[C@@H](OCc3ccccc3)[C@H](Sc3ccccc3)O[C@@H]2CO1. The zero-order chi connectivity index (χ0) is 29.0. The molecule has 0 N–H and O–H groups in total. The van der Waals surface area contributed by atoms with E-state index < -0.39 is 29.9 Å². The first-order valence-corrected chi connectivity index (χ1v) is 15.2. The van der Waals surface area contributed by atoms with E-state index in [0.29, 0.717) is 19.4 Å². The van der Waals surface area contributed by atoms with E-state index in [1.165, 1.54) is 11.8 Å². The minimum absolute atomic E-state index is 0.0665. The van der Waals surface area contributed by atoms with E-state index >= 15 is 0 Å². The maximum atomic E-state index is 13.1. The molecule has 0 aromatic heterocycles. The number of fused-ring (bicyclic) bond motifs is 1. The summed E-state index contributed by atoms with van der Waals surface area (Å²) in [6.45, 7) is 0.530. The molecular weight excluding hydrogens is 552 g/mol. The monoisotopic (exact) mass is 588 g/mol. The Labute approximate surface area is 251 Å². The molecule has 3 aromatic carbocycles. The first-order valence-electron chi connectivity index (χ1n) is 14.3. The van der Waals surface area contributed by atoms with E-state index in [4.69, 9.17) is 23.7 Å². The molecule has 2 heterocycles. The Morgan fingerprint density at radius 3 is 1.86 bits per heavy atom. The van der Waals surface area contributed by atoms with Gasteiger partial charge in [-0.1, -0.05) is 103 Å². The van der Waals surface area contributed by atoms with Gasteiger partial charge in [-0.25, -0.2) is 0 Å². The van der Waals surface area contributed by atoms with Crippen LogP contribution in [-0.4, -0.2) is 48.4 Å². The number of carbonyl (C=O) groups is 2. The van der Waals surface area contributed by atoms with Gasteiger partial charge in [0.15, 0.2) is 6.10 Å². The van der Waals surface area contributed by atoms with Crippen LogP contribution in [0.5, 0.6) is 0 Å². The molecule has 42 heavy (non-hydrogen) atoms. The van der Waals surface area contributed by atoms with Gasteiger partial charge in [0.2, 0.25) is 0 Å². The van der Waals surface area contributed by atoms with Crippen molar-refractivity contribution in [3.05, 3.63) is 114 Å². The topological polar surface area (TPSA) is 80.3 Å². The average Bonchev–Trinajstić information content (AvgIpc) is 3.03. The third kappa shape index (κ3) is 8.79. The number of hydrogen-bond acceptors (Lipinski definition) is 8. The number of allylic oxidation sites excluding steroid dienone is 2. The quantitative estimate of drug-likeness (QED) is 0.225. The van der Waals surface area contributed by atoms with Gasteiger partial charge in [0, 0.05) is 17.7 Å².